The molecule has 38 heavy (non-hydrogen) atoms. The van der Waals surface area contributed by atoms with Gasteiger partial charge in [-0.2, -0.15) is 31.6 Å². The van der Waals surface area contributed by atoms with E-state index in [0.29, 0.717) is 23.7 Å². The highest BCUT2D eigenvalue weighted by molar-refractivity contribution is 5.51. The number of tetrazole rings is 1. The maximum absolute atomic E-state index is 13.5. The zero-order valence-corrected chi connectivity index (χ0v) is 20.8. The quantitative estimate of drug-likeness (QED) is 0.322. The number of hydrogen-bond donors (Lipinski definition) is 2. The predicted octanol–water partition coefficient (Wildman–Crippen LogP) is 6.06. The van der Waals surface area contributed by atoms with E-state index in [0.717, 1.165) is 54.6 Å². The molecule has 2 aliphatic rings. The lowest BCUT2D eigenvalue weighted by atomic mass is 10.0. The summed E-state index contributed by atoms with van der Waals surface area (Å²) < 4.78 is 80.7. The van der Waals surface area contributed by atoms with E-state index in [1.165, 1.54) is 4.90 Å². The highest BCUT2D eigenvalue weighted by Crippen LogP contribution is 2.46. The van der Waals surface area contributed by atoms with Crippen molar-refractivity contribution in [1.29, 1.82) is 0 Å². The Labute approximate surface area is 215 Å². The van der Waals surface area contributed by atoms with E-state index in [1.54, 1.807) is 0 Å². The highest BCUT2D eigenvalue weighted by atomic mass is 19.4. The minimum atomic E-state index is -4.94. The van der Waals surface area contributed by atoms with Gasteiger partial charge in [0.1, 0.15) is 5.82 Å². The molecule has 204 valence electrons. The average Bonchev–Trinajstić information content (AvgIpc) is 3.78. The number of nitrogens with zero attached hydrogens (tertiary/aromatic N) is 5. The second-order valence-electron chi connectivity index (χ2n) is 10.2. The molecule has 13 heteroatoms. The third-order valence-electron chi connectivity index (χ3n) is 7.11. The van der Waals surface area contributed by atoms with Crippen LogP contribution >= 0.6 is 0 Å². The number of halogens is 6. The average molecular weight is 540 g/mol. The Morgan fingerprint density at radius 1 is 0.921 bits per heavy atom. The normalized spacial score (nSPS) is 16.2. The molecule has 0 saturated heterocycles. The number of aryl methyl sites for hydroxylation is 2. The zero-order chi connectivity index (χ0) is 27.2. The molecule has 2 N–H and O–H groups in total. The number of anilines is 2. The molecule has 2 aliphatic carbocycles. The van der Waals surface area contributed by atoms with Gasteiger partial charge in [0.05, 0.1) is 11.1 Å². The Bertz CT molecular complexity index is 1240. The third kappa shape index (κ3) is 6.02. The van der Waals surface area contributed by atoms with E-state index in [1.807, 2.05) is 19.9 Å². The van der Waals surface area contributed by atoms with E-state index in [-0.39, 0.29) is 30.7 Å². The van der Waals surface area contributed by atoms with Crippen LogP contribution in [-0.4, -0.2) is 31.6 Å². The molecule has 2 heterocycles. The molecule has 0 amide bonds. The minimum Gasteiger partial charge on any atom is -0.366 e. The topological polar surface area (TPSA) is 82.6 Å². The van der Waals surface area contributed by atoms with Gasteiger partial charge in [-0.1, -0.05) is 5.10 Å². The number of aromatic nitrogens is 5. The molecule has 2 saturated carbocycles. The van der Waals surface area contributed by atoms with E-state index < -0.39 is 23.5 Å². The summed E-state index contributed by atoms with van der Waals surface area (Å²) in [5.74, 6) is 1.86. The fourth-order valence-corrected chi connectivity index (χ4v) is 4.72. The van der Waals surface area contributed by atoms with E-state index >= 15 is 0 Å². The first kappa shape index (κ1) is 26.2. The summed E-state index contributed by atoms with van der Waals surface area (Å²) in [6.45, 7) is 3.57. The molecule has 0 aliphatic heterocycles. The van der Waals surface area contributed by atoms with Crippen LogP contribution in [0.3, 0.4) is 0 Å². The first-order valence-electron chi connectivity index (χ1n) is 12.4. The van der Waals surface area contributed by atoms with Crippen LogP contribution in [0.15, 0.2) is 24.3 Å². The van der Waals surface area contributed by atoms with Gasteiger partial charge < -0.3 is 10.2 Å². The van der Waals surface area contributed by atoms with Gasteiger partial charge in [0, 0.05) is 30.4 Å². The summed E-state index contributed by atoms with van der Waals surface area (Å²) in [4.78, 5) is 6.25. The molecule has 3 aromatic rings. The summed E-state index contributed by atoms with van der Waals surface area (Å²) in [6, 6.07) is 3.78. The van der Waals surface area contributed by atoms with Crippen molar-refractivity contribution in [2.45, 2.75) is 71.0 Å². The summed E-state index contributed by atoms with van der Waals surface area (Å²) in [5, 5.41) is 17.4. The second kappa shape index (κ2) is 9.73. The van der Waals surface area contributed by atoms with Gasteiger partial charge in [-0.25, -0.2) is 4.98 Å². The van der Waals surface area contributed by atoms with Crippen molar-refractivity contribution in [3.05, 3.63) is 57.8 Å². The number of aromatic amines is 1. The van der Waals surface area contributed by atoms with Crippen molar-refractivity contribution in [3.63, 3.8) is 0 Å². The Kier molecular flexibility index (Phi) is 6.72. The molecule has 2 aromatic heterocycles. The molecular weight excluding hydrogens is 512 g/mol. The number of nitrogens with one attached hydrogen (secondary N) is 2. The Morgan fingerprint density at radius 2 is 1.53 bits per heavy atom. The molecule has 0 spiro atoms. The zero-order valence-electron chi connectivity index (χ0n) is 20.8. The summed E-state index contributed by atoms with van der Waals surface area (Å²) in [6.07, 6.45) is -5.27. The number of rotatable bonds is 9. The van der Waals surface area contributed by atoms with Crippen LogP contribution in [0.4, 0.5) is 38.1 Å². The standard InChI is InChI=1S/C25H27F6N7/c1-13-7-18(22(32-14(13)2)33-21(16-3-4-16)17-5-6-17)12-38(23-34-36-37-35-23)11-15-8-19(24(26,27)28)10-20(9-15)25(29,30)31/h7-10,16-17,21H,3-6,11-12H2,1-2H3,(H,32,33)(H,34,35,36,37). The maximum Gasteiger partial charge on any atom is 0.416 e. The van der Waals surface area contributed by atoms with Gasteiger partial charge in [-0.05, 0) is 92.0 Å². The highest BCUT2D eigenvalue weighted by Gasteiger charge is 2.42. The Morgan fingerprint density at radius 3 is 2.03 bits per heavy atom. The maximum atomic E-state index is 13.5. The molecular formula is C25H27F6N7. The monoisotopic (exact) mass is 539 g/mol. The first-order chi connectivity index (χ1) is 17.9. The molecule has 1 aromatic carbocycles. The van der Waals surface area contributed by atoms with Crippen LogP contribution < -0.4 is 10.2 Å². The third-order valence-corrected chi connectivity index (χ3v) is 7.11. The largest absolute Gasteiger partial charge is 0.416 e. The second-order valence-corrected chi connectivity index (χ2v) is 10.2. The SMILES string of the molecule is Cc1cc(CN(Cc2cc(C(F)(F)F)cc(C(F)(F)F)c2)c2nn[nH]n2)c(NC(C2CC2)C2CC2)nc1C. The van der Waals surface area contributed by atoms with Crippen molar-refractivity contribution in [1.82, 2.24) is 25.6 Å². The molecule has 0 bridgehead atoms. The summed E-state index contributed by atoms with van der Waals surface area (Å²) in [5.41, 5.74) is -0.444. The number of alkyl halides is 6. The van der Waals surface area contributed by atoms with Crippen LogP contribution in [0.5, 0.6) is 0 Å². The smallest absolute Gasteiger partial charge is 0.366 e. The molecule has 7 nitrogen and oxygen atoms in total. The minimum absolute atomic E-state index is 0.0427. The molecule has 0 unspecified atom stereocenters. The Balaban J connectivity index is 1.49. The summed E-state index contributed by atoms with van der Waals surface area (Å²) >= 11 is 0. The fourth-order valence-electron chi connectivity index (χ4n) is 4.72. The first-order valence-corrected chi connectivity index (χ1v) is 12.4. The molecule has 0 atom stereocenters. The lowest BCUT2D eigenvalue weighted by Gasteiger charge is -2.26. The Hall–Kier alpha value is -3.38. The fraction of sp³-hybridized carbons (Fsp3) is 0.520. The molecule has 0 radical (unpaired) electrons. The number of benzene rings is 1. The van der Waals surface area contributed by atoms with Gasteiger partial charge in [0.15, 0.2) is 0 Å². The summed E-state index contributed by atoms with van der Waals surface area (Å²) in [7, 11) is 0. The lowest BCUT2D eigenvalue weighted by molar-refractivity contribution is -0.143. The van der Waals surface area contributed by atoms with E-state index in [9.17, 15) is 26.3 Å². The number of hydrogen-bond acceptors (Lipinski definition) is 6. The predicted molar refractivity (Wildman–Crippen MR) is 127 cm³/mol. The van der Waals surface area contributed by atoms with Crippen molar-refractivity contribution in [3.8, 4) is 0 Å². The molecule has 2 fully saturated rings. The van der Waals surface area contributed by atoms with Crippen molar-refractivity contribution in [2.24, 2.45) is 11.8 Å². The van der Waals surface area contributed by atoms with E-state index in [4.69, 9.17) is 4.98 Å². The van der Waals surface area contributed by atoms with Gasteiger partial charge in [-0.15, -0.1) is 5.10 Å². The van der Waals surface area contributed by atoms with Gasteiger partial charge in [0.2, 0.25) is 0 Å². The van der Waals surface area contributed by atoms with Crippen molar-refractivity contribution in [2.75, 3.05) is 10.2 Å². The number of pyridine rings is 1. The van der Waals surface area contributed by atoms with Crippen LogP contribution in [0.1, 0.15) is 59.2 Å². The lowest BCUT2D eigenvalue weighted by Crippen LogP contribution is -2.28. The molecule has 5 rings (SSSR count). The van der Waals surface area contributed by atoms with Crippen LogP contribution in [0, 0.1) is 25.7 Å². The van der Waals surface area contributed by atoms with Gasteiger partial charge in [0.25, 0.3) is 5.95 Å². The van der Waals surface area contributed by atoms with Crippen LogP contribution in [0.2, 0.25) is 0 Å². The van der Waals surface area contributed by atoms with Gasteiger partial charge >= 0.3 is 12.4 Å². The van der Waals surface area contributed by atoms with Gasteiger partial charge in [-0.3, -0.25) is 0 Å². The van der Waals surface area contributed by atoms with Crippen LogP contribution in [0.25, 0.3) is 0 Å². The van der Waals surface area contributed by atoms with Crippen molar-refractivity contribution < 1.29 is 26.3 Å². The number of H-pyrrole nitrogens is 1. The van der Waals surface area contributed by atoms with E-state index in [2.05, 4.69) is 25.9 Å². The van der Waals surface area contributed by atoms with Crippen LogP contribution in [-0.2, 0) is 25.4 Å². The van der Waals surface area contributed by atoms with Crippen molar-refractivity contribution >= 4 is 11.8 Å².